The quantitative estimate of drug-likeness (QED) is 0.856. The molecule has 1 aromatic carbocycles. The maximum absolute atomic E-state index is 10.5. The van der Waals surface area contributed by atoms with Gasteiger partial charge in [0.2, 0.25) is 0 Å². The molecule has 0 atom stereocenters. The Morgan fingerprint density at radius 3 is 2.80 bits per heavy atom. The summed E-state index contributed by atoms with van der Waals surface area (Å²) >= 11 is 3.33. The first-order chi connectivity index (χ1) is 7.02. The zero-order chi connectivity index (χ0) is 11.4. The largest absolute Gasteiger partial charge is 0.487 e. The van der Waals surface area contributed by atoms with E-state index in [-0.39, 0.29) is 12.2 Å². The first-order valence-corrected chi connectivity index (χ1v) is 5.10. The van der Waals surface area contributed by atoms with Crippen molar-refractivity contribution >= 4 is 21.9 Å². The molecule has 1 rings (SSSR count). The fraction of sp³-hybridized carbons (Fsp3) is 0.182. The van der Waals surface area contributed by atoms with Crippen LogP contribution in [0.5, 0.6) is 5.75 Å². The molecule has 0 fully saturated rings. The summed E-state index contributed by atoms with van der Waals surface area (Å²) < 4.78 is 6.17. The van der Waals surface area contributed by atoms with Crippen molar-refractivity contribution in [1.29, 1.82) is 0 Å². The molecule has 1 N–H and O–H groups in total. The first-order valence-electron chi connectivity index (χ1n) is 4.31. The van der Waals surface area contributed by atoms with Crippen molar-refractivity contribution in [3.8, 4) is 5.75 Å². The average molecular weight is 271 g/mol. The van der Waals surface area contributed by atoms with Crippen LogP contribution < -0.4 is 4.74 Å². The van der Waals surface area contributed by atoms with Gasteiger partial charge in [-0.1, -0.05) is 18.7 Å². The van der Waals surface area contributed by atoms with E-state index < -0.39 is 5.97 Å². The van der Waals surface area contributed by atoms with Crippen LogP contribution in [-0.4, -0.2) is 17.7 Å². The lowest BCUT2D eigenvalue weighted by molar-refractivity contribution is -0.133. The Morgan fingerprint density at radius 1 is 1.60 bits per heavy atom. The molecule has 0 bridgehead atoms. The van der Waals surface area contributed by atoms with E-state index in [0.717, 1.165) is 10.0 Å². The molecule has 0 saturated heterocycles. The Bertz CT molecular complexity index is 379. The summed E-state index contributed by atoms with van der Waals surface area (Å²) in [6.45, 7) is 5.27. The van der Waals surface area contributed by atoms with Crippen LogP contribution >= 0.6 is 15.9 Å². The molecular weight excluding hydrogens is 260 g/mol. The number of benzene rings is 1. The van der Waals surface area contributed by atoms with Gasteiger partial charge in [0.15, 0.2) is 0 Å². The molecule has 0 heterocycles. The number of ether oxygens (including phenoxy) is 1. The third-order valence-corrected chi connectivity index (χ3v) is 2.48. The number of carboxylic acids is 1. The molecule has 0 aliphatic heterocycles. The number of para-hydroxylation sites is 1. The van der Waals surface area contributed by atoms with E-state index in [0.29, 0.717) is 5.75 Å². The maximum atomic E-state index is 10.5. The van der Waals surface area contributed by atoms with Gasteiger partial charge in [-0.05, 0) is 34.5 Å². The number of aryl methyl sites for hydroxylation is 1. The highest BCUT2D eigenvalue weighted by molar-refractivity contribution is 9.10. The molecule has 0 aromatic heterocycles. The van der Waals surface area contributed by atoms with E-state index in [2.05, 4.69) is 22.5 Å². The summed E-state index contributed by atoms with van der Waals surface area (Å²) in [5, 5.41) is 8.61. The van der Waals surface area contributed by atoms with Gasteiger partial charge in [0.25, 0.3) is 0 Å². The van der Waals surface area contributed by atoms with Crippen molar-refractivity contribution in [3.05, 3.63) is 40.4 Å². The summed E-state index contributed by atoms with van der Waals surface area (Å²) in [7, 11) is 0. The molecule has 3 nitrogen and oxygen atoms in total. The Labute approximate surface area is 96.5 Å². The van der Waals surface area contributed by atoms with Gasteiger partial charge in [-0.3, -0.25) is 0 Å². The van der Waals surface area contributed by atoms with Crippen molar-refractivity contribution in [3.63, 3.8) is 0 Å². The standard InChI is InChI=1S/C11H11BrO3/c1-7-4-3-5-9(12)10(7)15-6-8(2)11(13)14/h3-5H,2,6H2,1H3,(H,13,14). The fourth-order valence-corrected chi connectivity index (χ4v) is 1.60. The molecule has 0 amide bonds. The Kier molecular flexibility index (Phi) is 3.91. The van der Waals surface area contributed by atoms with Crippen LogP contribution in [0.2, 0.25) is 0 Å². The Hall–Kier alpha value is -1.29. The molecule has 80 valence electrons. The number of halogens is 1. The van der Waals surface area contributed by atoms with Gasteiger partial charge in [-0.25, -0.2) is 4.79 Å². The van der Waals surface area contributed by atoms with E-state index in [1.165, 1.54) is 0 Å². The smallest absolute Gasteiger partial charge is 0.334 e. The second kappa shape index (κ2) is 4.98. The van der Waals surface area contributed by atoms with Crippen molar-refractivity contribution < 1.29 is 14.6 Å². The van der Waals surface area contributed by atoms with Gasteiger partial charge in [0.05, 0.1) is 10.0 Å². The number of carboxylic acid groups (broad SMARTS) is 1. The third kappa shape index (κ3) is 3.09. The molecule has 0 radical (unpaired) electrons. The lowest BCUT2D eigenvalue weighted by Gasteiger charge is -2.10. The highest BCUT2D eigenvalue weighted by Crippen LogP contribution is 2.28. The fourth-order valence-electron chi connectivity index (χ4n) is 1.02. The topological polar surface area (TPSA) is 46.5 Å². The Morgan fingerprint density at radius 2 is 2.27 bits per heavy atom. The van der Waals surface area contributed by atoms with Gasteiger partial charge < -0.3 is 9.84 Å². The molecule has 0 saturated carbocycles. The van der Waals surface area contributed by atoms with Gasteiger partial charge in [-0.15, -0.1) is 0 Å². The van der Waals surface area contributed by atoms with Crippen LogP contribution in [0.4, 0.5) is 0 Å². The number of hydrogen-bond acceptors (Lipinski definition) is 2. The highest BCUT2D eigenvalue weighted by Gasteiger charge is 2.08. The molecule has 1 aromatic rings. The van der Waals surface area contributed by atoms with Crippen LogP contribution in [-0.2, 0) is 4.79 Å². The summed E-state index contributed by atoms with van der Waals surface area (Å²) in [6.07, 6.45) is 0. The lowest BCUT2D eigenvalue weighted by Crippen LogP contribution is -2.09. The molecule has 0 spiro atoms. The zero-order valence-electron chi connectivity index (χ0n) is 8.29. The van der Waals surface area contributed by atoms with Crippen LogP contribution in [0.1, 0.15) is 5.56 Å². The number of carbonyl (C=O) groups is 1. The highest BCUT2D eigenvalue weighted by atomic mass is 79.9. The van der Waals surface area contributed by atoms with Crippen LogP contribution in [0.25, 0.3) is 0 Å². The molecule has 4 heteroatoms. The van der Waals surface area contributed by atoms with Crippen LogP contribution in [0.15, 0.2) is 34.8 Å². The molecule has 0 unspecified atom stereocenters. The van der Waals surface area contributed by atoms with E-state index >= 15 is 0 Å². The van der Waals surface area contributed by atoms with Crippen molar-refractivity contribution in [1.82, 2.24) is 0 Å². The zero-order valence-corrected chi connectivity index (χ0v) is 9.87. The second-order valence-electron chi connectivity index (χ2n) is 3.08. The number of rotatable bonds is 4. The minimum Gasteiger partial charge on any atom is -0.487 e. The molecular formula is C11H11BrO3. The van der Waals surface area contributed by atoms with Crippen molar-refractivity contribution in [2.24, 2.45) is 0 Å². The first kappa shape index (κ1) is 11.8. The lowest BCUT2D eigenvalue weighted by atomic mass is 10.2. The van der Waals surface area contributed by atoms with E-state index in [1.54, 1.807) is 0 Å². The van der Waals surface area contributed by atoms with Gasteiger partial charge in [0.1, 0.15) is 12.4 Å². The molecule has 0 aliphatic rings. The van der Waals surface area contributed by atoms with Gasteiger partial charge in [-0.2, -0.15) is 0 Å². The minimum absolute atomic E-state index is 0.0151. The van der Waals surface area contributed by atoms with Gasteiger partial charge in [0, 0.05) is 0 Å². The predicted octanol–water partition coefficient (Wildman–Crippen LogP) is 2.78. The second-order valence-corrected chi connectivity index (χ2v) is 3.94. The van der Waals surface area contributed by atoms with E-state index in [9.17, 15) is 4.79 Å². The van der Waals surface area contributed by atoms with Crippen LogP contribution in [0.3, 0.4) is 0 Å². The summed E-state index contributed by atoms with van der Waals surface area (Å²) in [5.74, 6) is -0.389. The summed E-state index contributed by atoms with van der Waals surface area (Å²) in [5.41, 5.74) is 0.979. The predicted molar refractivity (Wildman–Crippen MR) is 61.1 cm³/mol. The van der Waals surface area contributed by atoms with Crippen molar-refractivity contribution in [2.75, 3.05) is 6.61 Å². The Balaban J connectivity index is 2.73. The molecule has 0 aliphatic carbocycles. The minimum atomic E-state index is -1.04. The average Bonchev–Trinajstić information content (AvgIpc) is 2.16. The summed E-state index contributed by atoms with van der Waals surface area (Å²) in [6, 6.07) is 5.62. The third-order valence-electron chi connectivity index (χ3n) is 1.86. The number of aliphatic carboxylic acids is 1. The van der Waals surface area contributed by atoms with Crippen molar-refractivity contribution in [2.45, 2.75) is 6.92 Å². The number of hydrogen-bond donors (Lipinski definition) is 1. The SMILES string of the molecule is C=C(COc1c(C)cccc1Br)C(=O)O. The van der Waals surface area contributed by atoms with E-state index in [1.807, 2.05) is 25.1 Å². The molecule has 15 heavy (non-hydrogen) atoms. The maximum Gasteiger partial charge on any atom is 0.334 e. The van der Waals surface area contributed by atoms with Gasteiger partial charge >= 0.3 is 5.97 Å². The summed E-state index contributed by atoms with van der Waals surface area (Å²) in [4.78, 5) is 10.5. The van der Waals surface area contributed by atoms with E-state index in [4.69, 9.17) is 9.84 Å². The normalized spacial score (nSPS) is 9.73. The van der Waals surface area contributed by atoms with Crippen LogP contribution in [0, 0.1) is 6.92 Å². The monoisotopic (exact) mass is 270 g/mol.